The van der Waals surface area contributed by atoms with Gasteiger partial charge in [-0.1, -0.05) is 22.0 Å². The molecule has 2 rings (SSSR count). The van der Waals surface area contributed by atoms with Gasteiger partial charge in [-0.3, -0.25) is 0 Å². The van der Waals surface area contributed by atoms with Crippen LogP contribution in [0.1, 0.15) is 29.7 Å². The number of hydrogen-bond donors (Lipinski definition) is 1. The van der Waals surface area contributed by atoms with Crippen LogP contribution in [0.3, 0.4) is 0 Å². The van der Waals surface area contributed by atoms with Crippen LogP contribution in [0.25, 0.3) is 0 Å². The van der Waals surface area contributed by atoms with E-state index >= 15 is 0 Å². The van der Waals surface area contributed by atoms with Gasteiger partial charge in [0.15, 0.2) is 11.6 Å². The van der Waals surface area contributed by atoms with E-state index in [0.29, 0.717) is 0 Å². The summed E-state index contributed by atoms with van der Waals surface area (Å²) in [6.07, 6.45) is 0. The van der Waals surface area contributed by atoms with E-state index in [4.69, 9.17) is 4.74 Å². The van der Waals surface area contributed by atoms with Crippen molar-refractivity contribution in [2.45, 2.75) is 26.8 Å². The van der Waals surface area contributed by atoms with Gasteiger partial charge in [-0.25, -0.2) is 4.39 Å². The molecule has 0 heterocycles. The van der Waals surface area contributed by atoms with Crippen LogP contribution in [-0.4, -0.2) is 7.11 Å². The van der Waals surface area contributed by atoms with Crippen LogP contribution >= 0.6 is 15.9 Å². The van der Waals surface area contributed by atoms with Crippen molar-refractivity contribution in [1.82, 2.24) is 0 Å². The Morgan fingerprint density at radius 3 is 2.33 bits per heavy atom. The molecule has 0 radical (unpaired) electrons. The Balaban J connectivity index is 2.28. The second kappa shape index (κ2) is 6.48. The Kier molecular flexibility index (Phi) is 4.88. The van der Waals surface area contributed by atoms with Gasteiger partial charge in [-0.2, -0.15) is 0 Å². The van der Waals surface area contributed by atoms with Gasteiger partial charge in [-0.15, -0.1) is 0 Å². The highest BCUT2D eigenvalue weighted by Gasteiger charge is 2.12. The van der Waals surface area contributed by atoms with Crippen LogP contribution in [0.5, 0.6) is 5.75 Å². The average molecular weight is 352 g/mol. The molecule has 0 aliphatic rings. The van der Waals surface area contributed by atoms with Gasteiger partial charge >= 0.3 is 0 Å². The lowest BCUT2D eigenvalue weighted by atomic mass is 10.0. The summed E-state index contributed by atoms with van der Waals surface area (Å²) in [5, 5.41) is 3.49. The van der Waals surface area contributed by atoms with E-state index in [1.165, 1.54) is 24.3 Å². The minimum atomic E-state index is -0.343. The van der Waals surface area contributed by atoms with E-state index < -0.39 is 0 Å². The molecule has 0 spiro atoms. The maximum absolute atomic E-state index is 13.5. The number of halogens is 2. The number of rotatable bonds is 4. The normalized spacial score (nSPS) is 12.1. The lowest BCUT2D eigenvalue weighted by molar-refractivity contribution is 0.385. The predicted octanol–water partition coefficient (Wildman–Crippen LogP) is 5.39. The molecule has 0 fully saturated rings. The van der Waals surface area contributed by atoms with Crippen molar-refractivity contribution >= 4 is 21.6 Å². The number of anilines is 1. The van der Waals surface area contributed by atoms with Gasteiger partial charge in [0.25, 0.3) is 0 Å². The highest BCUT2D eigenvalue weighted by atomic mass is 79.9. The molecular formula is C17H19BrFNO. The van der Waals surface area contributed by atoms with E-state index in [2.05, 4.69) is 47.2 Å². The third-order valence-corrected chi connectivity index (χ3v) is 3.99. The molecular weight excluding hydrogens is 333 g/mol. The zero-order valence-electron chi connectivity index (χ0n) is 12.6. The Morgan fingerprint density at radius 1 is 1.14 bits per heavy atom. The molecule has 1 N–H and O–H groups in total. The third kappa shape index (κ3) is 3.56. The van der Waals surface area contributed by atoms with Crippen molar-refractivity contribution in [2.24, 2.45) is 0 Å². The van der Waals surface area contributed by atoms with Crippen LogP contribution in [-0.2, 0) is 0 Å². The van der Waals surface area contributed by atoms with Crippen LogP contribution in [0.2, 0.25) is 0 Å². The molecule has 112 valence electrons. The Labute approximate surface area is 133 Å². The molecule has 4 heteroatoms. The maximum atomic E-state index is 13.5. The molecule has 0 aromatic heterocycles. The first-order valence-corrected chi connectivity index (χ1v) is 7.58. The summed E-state index contributed by atoms with van der Waals surface area (Å²) in [5.41, 5.74) is 4.43. The van der Waals surface area contributed by atoms with E-state index in [9.17, 15) is 4.39 Å². The molecule has 2 nitrogen and oxygen atoms in total. The van der Waals surface area contributed by atoms with E-state index in [-0.39, 0.29) is 17.6 Å². The van der Waals surface area contributed by atoms with Crippen molar-refractivity contribution < 1.29 is 9.13 Å². The first kappa shape index (κ1) is 15.8. The third-order valence-electron chi connectivity index (χ3n) is 3.53. The first-order valence-electron chi connectivity index (χ1n) is 6.79. The van der Waals surface area contributed by atoms with Crippen LogP contribution < -0.4 is 10.1 Å². The summed E-state index contributed by atoms with van der Waals surface area (Å²) >= 11 is 3.50. The number of benzene rings is 2. The summed E-state index contributed by atoms with van der Waals surface area (Å²) < 4.78 is 19.6. The number of ether oxygens (including phenoxy) is 1. The van der Waals surface area contributed by atoms with Gasteiger partial charge in [0.2, 0.25) is 0 Å². The molecule has 2 aromatic carbocycles. The summed E-state index contributed by atoms with van der Waals surface area (Å²) in [6, 6.07) is 9.15. The first-order chi connectivity index (χ1) is 9.92. The lowest BCUT2D eigenvalue weighted by Gasteiger charge is -2.20. The Morgan fingerprint density at radius 2 is 1.76 bits per heavy atom. The summed E-state index contributed by atoms with van der Waals surface area (Å²) in [4.78, 5) is 0. The largest absolute Gasteiger partial charge is 0.494 e. The van der Waals surface area contributed by atoms with Crippen molar-refractivity contribution in [3.05, 3.63) is 57.3 Å². The number of methoxy groups -OCH3 is 1. The molecule has 0 saturated heterocycles. The van der Waals surface area contributed by atoms with Gasteiger partial charge in [0.1, 0.15) is 0 Å². The second-order valence-electron chi connectivity index (χ2n) is 5.17. The fourth-order valence-electron chi connectivity index (χ4n) is 2.38. The molecule has 0 aliphatic carbocycles. The van der Waals surface area contributed by atoms with Crippen LogP contribution in [0.4, 0.5) is 10.1 Å². The van der Waals surface area contributed by atoms with Crippen molar-refractivity contribution in [3.8, 4) is 5.75 Å². The van der Waals surface area contributed by atoms with Crippen molar-refractivity contribution in [2.75, 3.05) is 12.4 Å². The molecule has 0 amide bonds. The van der Waals surface area contributed by atoms with Crippen molar-refractivity contribution in [3.63, 3.8) is 0 Å². The van der Waals surface area contributed by atoms with Crippen LogP contribution in [0.15, 0.2) is 34.8 Å². The maximum Gasteiger partial charge on any atom is 0.165 e. The smallest absolute Gasteiger partial charge is 0.165 e. The molecule has 0 saturated carbocycles. The topological polar surface area (TPSA) is 21.3 Å². The molecule has 0 bridgehead atoms. The minimum absolute atomic E-state index is 0.0538. The molecule has 0 aliphatic heterocycles. The zero-order valence-corrected chi connectivity index (χ0v) is 14.2. The summed E-state index contributed by atoms with van der Waals surface area (Å²) in [6.45, 7) is 6.18. The summed E-state index contributed by atoms with van der Waals surface area (Å²) in [7, 11) is 1.48. The predicted molar refractivity (Wildman–Crippen MR) is 88.6 cm³/mol. The minimum Gasteiger partial charge on any atom is -0.494 e. The van der Waals surface area contributed by atoms with Gasteiger partial charge in [0, 0.05) is 16.2 Å². The second-order valence-corrected chi connectivity index (χ2v) is 6.09. The Hall–Kier alpha value is -1.55. The van der Waals surface area contributed by atoms with Gasteiger partial charge < -0.3 is 10.1 Å². The number of hydrogen-bond acceptors (Lipinski definition) is 2. The van der Waals surface area contributed by atoms with Crippen LogP contribution in [0, 0.1) is 19.7 Å². The molecule has 1 atom stereocenters. The Bertz CT molecular complexity index is 634. The zero-order chi connectivity index (χ0) is 15.6. The molecule has 21 heavy (non-hydrogen) atoms. The van der Waals surface area contributed by atoms with E-state index in [1.807, 2.05) is 6.92 Å². The van der Waals surface area contributed by atoms with E-state index in [0.717, 1.165) is 15.7 Å². The van der Waals surface area contributed by atoms with Crippen molar-refractivity contribution in [1.29, 1.82) is 0 Å². The highest BCUT2D eigenvalue weighted by Crippen LogP contribution is 2.30. The summed E-state index contributed by atoms with van der Waals surface area (Å²) in [5.74, 6) is -0.0742. The average Bonchev–Trinajstić information content (AvgIpc) is 2.43. The number of nitrogens with one attached hydrogen (secondary N) is 1. The monoisotopic (exact) mass is 351 g/mol. The fourth-order valence-corrected chi connectivity index (χ4v) is 3.07. The number of aryl methyl sites for hydroxylation is 2. The lowest BCUT2D eigenvalue weighted by Crippen LogP contribution is -2.09. The fraction of sp³-hybridized carbons (Fsp3) is 0.294. The standard InChI is InChI=1S/C17H19BrFNO/c1-10-7-14(18)8-11(2)17(10)20-12(3)13-5-6-15(19)16(9-13)21-4/h5-9,12,20H,1-4H3. The molecule has 2 aromatic rings. The van der Waals surface area contributed by atoms with Gasteiger partial charge in [0.05, 0.1) is 7.11 Å². The SMILES string of the molecule is COc1cc(C(C)Nc2c(C)cc(Br)cc2C)ccc1F. The van der Waals surface area contributed by atoms with Gasteiger partial charge in [-0.05, 0) is 61.7 Å². The molecule has 1 unspecified atom stereocenters. The van der Waals surface area contributed by atoms with E-state index in [1.54, 1.807) is 12.1 Å². The quantitative estimate of drug-likeness (QED) is 0.797. The highest BCUT2D eigenvalue weighted by molar-refractivity contribution is 9.10.